The summed E-state index contributed by atoms with van der Waals surface area (Å²) in [6.45, 7) is 4.17. The molecule has 1 rings (SSSR count). The van der Waals surface area contributed by atoms with Crippen LogP contribution in [0.2, 0.25) is 0 Å². The van der Waals surface area contributed by atoms with Crippen molar-refractivity contribution in [1.82, 2.24) is 5.32 Å². The molecule has 1 aliphatic rings. The maximum atomic E-state index is 11.7. The number of nitrogens with zero attached hydrogens (tertiary/aromatic N) is 1. The highest BCUT2D eigenvalue weighted by molar-refractivity contribution is 5.88. The summed E-state index contributed by atoms with van der Waals surface area (Å²) in [7, 11) is 0. The predicted molar refractivity (Wildman–Crippen MR) is 54.4 cm³/mol. The van der Waals surface area contributed by atoms with Crippen molar-refractivity contribution in [2.45, 2.75) is 52.0 Å². The fraction of sp³-hybridized carbons (Fsp3) is 0.818. The van der Waals surface area contributed by atoms with Gasteiger partial charge in [-0.15, -0.1) is 0 Å². The first kappa shape index (κ1) is 11.0. The van der Waals surface area contributed by atoms with Gasteiger partial charge in [0.1, 0.15) is 5.41 Å². The lowest BCUT2D eigenvalue weighted by Gasteiger charge is -2.17. The van der Waals surface area contributed by atoms with Crippen LogP contribution in [-0.2, 0) is 4.79 Å². The van der Waals surface area contributed by atoms with E-state index < -0.39 is 5.41 Å². The molecule has 14 heavy (non-hydrogen) atoms. The van der Waals surface area contributed by atoms with Crippen LogP contribution < -0.4 is 5.32 Å². The van der Waals surface area contributed by atoms with E-state index in [0.717, 1.165) is 32.1 Å². The Morgan fingerprint density at radius 2 is 2.21 bits per heavy atom. The highest BCUT2D eigenvalue weighted by Crippen LogP contribution is 2.45. The summed E-state index contributed by atoms with van der Waals surface area (Å²) in [5.41, 5.74) is -0.666. The molecule has 0 saturated heterocycles. The minimum Gasteiger partial charge on any atom is -0.352 e. The van der Waals surface area contributed by atoms with Crippen LogP contribution in [0, 0.1) is 16.7 Å². The Kier molecular flexibility index (Phi) is 3.51. The lowest BCUT2D eigenvalue weighted by atomic mass is 10.1. The molecule has 3 heteroatoms. The molecule has 1 atom stereocenters. The van der Waals surface area contributed by atoms with Crippen molar-refractivity contribution >= 4 is 5.91 Å². The highest BCUT2D eigenvalue weighted by atomic mass is 16.2. The molecule has 0 bridgehead atoms. The zero-order valence-corrected chi connectivity index (χ0v) is 8.97. The predicted octanol–water partition coefficient (Wildman–Crippen LogP) is 1.99. The maximum Gasteiger partial charge on any atom is 0.240 e. The quantitative estimate of drug-likeness (QED) is 0.727. The minimum atomic E-state index is -0.666. The molecule has 0 aromatic rings. The van der Waals surface area contributed by atoms with Crippen molar-refractivity contribution in [3.8, 4) is 6.07 Å². The second kappa shape index (κ2) is 4.45. The van der Waals surface area contributed by atoms with Crippen LogP contribution in [0.3, 0.4) is 0 Å². The Balaban J connectivity index is 2.43. The van der Waals surface area contributed by atoms with E-state index in [9.17, 15) is 4.79 Å². The van der Waals surface area contributed by atoms with E-state index >= 15 is 0 Å². The number of carbonyl (C=O) groups is 1. The van der Waals surface area contributed by atoms with Gasteiger partial charge in [-0.2, -0.15) is 5.26 Å². The van der Waals surface area contributed by atoms with E-state index in [2.05, 4.69) is 25.2 Å². The average Bonchev–Trinajstić information content (AvgIpc) is 2.97. The lowest BCUT2D eigenvalue weighted by molar-refractivity contribution is -0.125. The number of amides is 1. The molecule has 0 aliphatic heterocycles. The third-order valence-electron chi connectivity index (χ3n) is 2.86. The molecule has 1 saturated carbocycles. The molecule has 78 valence electrons. The molecule has 1 N–H and O–H groups in total. The number of hydrogen-bond donors (Lipinski definition) is 1. The van der Waals surface area contributed by atoms with Gasteiger partial charge in [-0.05, 0) is 25.7 Å². The normalized spacial score (nSPS) is 19.5. The SMILES string of the molecule is CCCC(CC)NC(=O)C1(C#N)CC1. The van der Waals surface area contributed by atoms with Crippen molar-refractivity contribution in [1.29, 1.82) is 5.26 Å². The first-order valence-corrected chi connectivity index (χ1v) is 5.40. The first-order valence-electron chi connectivity index (χ1n) is 5.40. The van der Waals surface area contributed by atoms with Crippen molar-refractivity contribution in [3.05, 3.63) is 0 Å². The summed E-state index contributed by atoms with van der Waals surface area (Å²) in [6.07, 6.45) is 4.49. The molecule has 0 aromatic heterocycles. The first-order chi connectivity index (χ1) is 6.68. The van der Waals surface area contributed by atoms with Crippen molar-refractivity contribution < 1.29 is 4.79 Å². The van der Waals surface area contributed by atoms with Gasteiger partial charge in [-0.25, -0.2) is 0 Å². The van der Waals surface area contributed by atoms with Crippen LogP contribution in [0.15, 0.2) is 0 Å². The Morgan fingerprint density at radius 3 is 2.57 bits per heavy atom. The van der Waals surface area contributed by atoms with Gasteiger partial charge in [0, 0.05) is 6.04 Å². The van der Waals surface area contributed by atoms with Gasteiger partial charge >= 0.3 is 0 Å². The summed E-state index contributed by atoms with van der Waals surface area (Å²) >= 11 is 0. The number of nitrogens with one attached hydrogen (secondary N) is 1. The van der Waals surface area contributed by atoms with Crippen LogP contribution in [0.5, 0.6) is 0 Å². The monoisotopic (exact) mass is 194 g/mol. The molecule has 1 fully saturated rings. The Bertz CT molecular complexity index is 251. The molecule has 3 nitrogen and oxygen atoms in total. The van der Waals surface area contributed by atoms with E-state index in [4.69, 9.17) is 5.26 Å². The fourth-order valence-electron chi connectivity index (χ4n) is 1.56. The van der Waals surface area contributed by atoms with Gasteiger partial charge < -0.3 is 5.32 Å². The largest absolute Gasteiger partial charge is 0.352 e. The second-order valence-electron chi connectivity index (χ2n) is 4.06. The topological polar surface area (TPSA) is 52.9 Å². The molecule has 1 amide bonds. The van der Waals surface area contributed by atoms with Crippen LogP contribution >= 0.6 is 0 Å². The zero-order chi connectivity index (χ0) is 10.6. The van der Waals surface area contributed by atoms with E-state index in [-0.39, 0.29) is 11.9 Å². The Labute approximate surface area is 85.5 Å². The van der Waals surface area contributed by atoms with E-state index in [0.29, 0.717) is 0 Å². The van der Waals surface area contributed by atoms with Gasteiger partial charge in [-0.1, -0.05) is 20.3 Å². The fourth-order valence-corrected chi connectivity index (χ4v) is 1.56. The van der Waals surface area contributed by atoms with E-state index in [1.807, 2.05) is 0 Å². The van der Waals surface area contributed by atoms with E-state index in [1.54, 1.807) is 0 Å². The van der Waals surface area contributed by atoms with Crippen LogP contribution in [0.4, 0.5) is 0 Å². The molecule has 0 heterocycles. The number of rotatable bonds is 5. The molecular formula is C11H18N2O. The summed E-state index contributed by atoms with van der Waals surface area (Å²) in [5.74, 6) is -0.0553. The minimum absolute atomic E-state index is 0.0553. The second-order valence-corrected chi connectivity index (χ2v) is 4.06. The van der Waals surface area contributed by atoms with Gasteiger partial charge in [-0.3, -0.25) is 4.79 Å². The maximum absolute atomic E-state index is 11.7. The zero-order valence-electron chi connectivity index (χ0n) is 8.97. The molecular weight excluding hydrogens is 176 g/mol. The number of nitriles is 1. The van der Waals surface area contributed by atoms with Crippen molar-refractivity contribution in [2.24, 2.45) is 5.41 Å². The van der Waals surface area contributed by atoms with Gasteiger partial charge in [0.15, 0.2) is 0 Å². The number of carbonyl (C=O) groups excluding carboxylic acids is 1. The summed E-state index contributed by atoms with van der Waals surface area (Å²) < 4.78 is 0. The lowest BCUT2D eigenvalue weighted by Crippen LogP contribution is -2.39. The average molecular weight is 194 g/mol. The van der Waals surface area contributed by atoms with Crippen LogP contribution in [0.1, 0.15) is 46.0 Å². The standard InChI is InChI=1S/C11H18N2O/c1-3-5-9(4-2)13-10(14)11(8-12)6-7-11/h9H,3-7H2,1-2H3,(H,13,14). The summed E-state index contributed by atoms with van der Waals surface area (Å²) in [5, 5.41) is 11.8. The molecule has 1 unspecified atom stereocenters. The molecule has 0 aromatic carbocycles. The van der Waals surface area contributed by atoms with Crippen LogP contribution in [-0.4, -0.2) is 11.9 Å². The van der Waals surface area contributed by atoms with Crippen molar-refractivity contribution in [3.63, 3.8) is 0 Å². The van der Waals surface area contributed by atoms with Gasteiger partial charge in [0.05, 0.1) is 6.07 Å². The Hall–Kier alpha value is -1.04. The summed E-state index contributed by atoms with van der Waals surface area (Å²) in [4.78, 5) is 11.7. The molecule has 0 radical (unpaired) electrons. The highest BCUT2D eigenvalue weighted by Gasteiger charge is 2.50. The Morgan fingerprint density at radius 1 is 1.57 bits per heavy atom. The summed E-state index contributed by atoms with van der Waals surface area (Å²) in [6, 6.07) is 2.36. The van der Waals surface area contributed by atoms with Crippen LogP contribution in [0.25, 0.3) is 0 Å². The molecule has 0 spiro atoms. The van der Waals surface area contributed by atoms with Gasteiger partial charge in [0.25, 0.3) is 0 Å². The molecule has 1 aliphatic carbocycles. The van der Waals surface area contributed by atoms with E-state index in [1.165, 1.54) is 0 Å². The van der Waals surface area contributed by atoms with Gasteiger partial charge in [0.2, 0.25) is 5.91 Å². The smallest absolute Gasteiger partial charge is 0.240 e. The van der Waals surface area contributed by atoms with Crippen molar-refractivity contribution in [2.75, 3.05) is 0 Å². The third-order valence-corrected chi connectivity index (χ3v) is 2.86. The number of hydrogen-bond acceptors (Lipinski definition) is 2. The third kappa shape index (κ3) is 2.25.